The lowest BCUT2D eigenvalue weighted by molar-refractivity contribution is -0.123. The van der Waals surface area contributed by atoms with Gasteiger partial charge in [0.15, 0.2) is 6.10 Å². The van der Waals surface area contributed by atoms with E-state index in [1.54, 1.807) is 25.1 Å². The molecular formula is C22H22N2O3. The van der Waals surface area contributed by atoms with E-state index >= 15 is 0 Å². The quantitative estimate of drug-likeness (QED) is 0.695. The molecular weight excluding hydrogens is 340 g/mol. The molecule has 0 heterocycles. The van der Waals surface area contributed by atoms with E-state index in [2.05, 4.69) is 5.32 Å². The van der Waals surface area contributed by atoms with Crippen LogP contribution in [0.1, 0.15) is 17.3 Å². The van der Waals surface area contributed by atoms with Gasteiger partial charge in [-0.25, -0.2) is 4.79 Å². The predicted molar refractivity (Wildman–Crippen MR) is 108 cm³/mol. The van der Waals surface area contributed by atoms with E-state index in [1.165, 1.54) is 0 Å². The Kier molecular flexibility index (Phi) is 5.41. The van der Waals surface area contributed by atoms with Crippen molar-refractivity contribution in [2.75, 3.05) is 24.3 Å². The number of benzene rings is 3. The fourth-order valence-corrected chi connectivity index (χ4v) is 2.76. The van der Waals surface area contributed by atoms with Crippen LogP contribution in [0.5, 0.6) is 0 Å². The van der Waals surface area contributed by atoms with Crippen molar-refractivity contribution in [2.45, 2.75) is 13.0 Å². The smallest absolute Gasteiger partial charge is 0.338 e. The van der Waals surface area contributed by atoms with Gasteiger partial charge in [0, 0.05) is 30.9 Å². The Morgan fingerprint density at radius 1 is 0.963 bits per heavy atom. The lowest BCUT2D eigenvalue weighted by atomic mass is 10.1. The van der Waals surface area contributed by atoms with E-state index in [0.717, 1.165) is 16.5 Å². The second kappa shape index (κ2) is 7.91. The summed E-state index contributed by atoms with van der Waals surface area (Å²) in [6.45, 7) is 1.56. The SMILES string of the molecule is C[C@H](OC(=O)c1cccc(N(C)C)c1)C(=O)Nc1cccc2ccccc12. The molecule has 3 aromatic rings. The maximum absolute atomic E-state index is 12.5. The number of amides is 1. The van der Waals surface area contributed by atoms with Crippen LogP contribution in [0.25, 0.3) is 10.8 Å². The summed E-state index contributed by atoms with van der Waals surface area (Å²) >= 11 is 0. The first kappa shape index (κ1) is 18.5. The second-order valence-electron chi connectivity index (χ2n) is 6.51. The highest BCUT2D eigenvalue weighted by Gasteiger charge is 2.20. The van der Waals surface area contributed by atoms with E-state index in [1.807, 2.05) is 67.5 Å². The Morgan fingerprint density at radius 3 is 2.44 bits per heavy atom. The summed E-state index contributed by atoms with van der Waals surface area (Å²) in [4.78, 5) is 26.8. The van der Waals surface area contributed by atoms with E-state index in [0.29, 0.717) is 11.3 Å². The van der Waals surface area contributed by atoms with Crippen LogP contribution in [-0.4, -0.2) is 32.1 Å². The highest BCUT2D eigenvalue weighted by Crippen LogP contribution is 2.23. The van der Waals surface area contributed by atoms with Crippen LogP contribution in [0, 0.1) is 0 Å². The highest BCUT2D eigenvalue weighted by molar-refractivity contribution is 6.04. The molecule has 0 aliphatic carbocycles. The van der Waals surface area contributed by atoms with Crippen molar-refractivity contribution < 1.29 is 14.3 Å². The molecule has 1 amide bonds. The van der Waals surface area contributed by atoms with Crippen molar-refractivity contribution in [3.8, 4) is 0 Å². The number of ether oxygens (including phenoxy) is 1. The maximum atomic E-state index is 12.5. The summed E-state index contributed by atoms with van der Waals surface area (Å²) in [5, 5.41) is 4.81. The molecule has 1 N–H and O–H groups in total. The molecule has 3 aromatic carbocycles. The molecule has 1 atom stereocenters. The number of carbonyl (C=O) groups is 2. The van der Waals surface area contributed by atoms with Gasteiger partial charge in [0.1, 0.15) is 0 Å². The summed E-state index contributed by atoms with van der Waals surface area (Å²) < 4.78 is 5.35. The van der Waals surface area contributed by atoms with Crippen LogP contribution in [-0.2, 0) is 9.53 Å². The Balaban J connectivity index is 1.70. The Morgan fingerprint density at radius 2 is 1.67 bits per heavy atom. The first-order chi connectivity index (χ1) is 13.0. The highest BCUT2D eigenvalue weighted by atomic mass is 16.5. The van der Waals surface area contributed by atoms with Gasteiger partial charge in [0.25, 0.3) is 5.91 Å². The predicted octanol–water partition coefficient (Wildman–Crippen LogP) is 4.09. The van der Waals surface area contributed by atoms with E-state index in [9.17, 15) is 9.59 Å². The number of nitrogens with zero attached hydrogens (tertiary/aromatic N) is 1. The van der Waals surface area contributed by atoms with Crippen molar-refractivity contribution in [1.82, 2.24) is 0 Å². The largest absolute Gasteiger partial charge is 0.449 e. The van der Waals surface area contributed by atoms with Gasteiger partial charge in [-0.3, -0.25) is 4.79 Å². The van der Waals surface area contributed by atoms with Gasteiger partial charge in [-0.05, 0) is 36.6 Å². The van der Waals surface area contributed by atoms with Crippen molar-refractivity contribution in [1.29, 1.82) is 0 Å². The van der Waals surface area contributed by atoms with Crippen LogP contribution in [0.2, 0.25) is 0 Å². The van der Waals surface area contributed by atoms with Crippen LogP contribution < -0.4 is 10.2 Å². The van der Waals surface area contributed by atoms with E-state index in [4.69, 9.17) is 4.74 Å². The zero-order valence-electron chi connectivity index (χ0n) is 15.6. The van der Waals surface area contributed by atoms with Gasteiger partial charge in [0.05, 0.1) is 5.56 Å². The number of nitrogens with one attached hydrogen (secondary N) is 1. The fraction of sp³-hybridized carbons (Fsp3) is 0.182. The van der Waals surface area contributed by atoms with Crippen molar-refractivity contribution in [2.24, 2.45) is 0 Å². The topological polar surface area (TPSA) is 58.6 Å². The third-order valence-electron chi connectivity index (χ3n) is 4.30. The molecule has 0 bridgehead atoms. The third kappa shape index (κ3) is 4.26. The molecule has 3 rings (SSSR count). The zero-order valence-corrected chi connectivity index (χ0v) is 15.6. The number of esters is 1. The molecule has 0 spiro atoms. The standard InChI is InChI=1S/C22H22N2O3/c1-15(27-22(26)17-10-6-11-18(14-17)24(2)3)21(25)23-20-13-7-9-16-8-4-5-12-19(16)20/h4-15H,1-3H3,(H,23,25)/t15-/m0/s1. The van der Waals surface area contributed by atoms with Gasteiger partial charge in [-0.15, -0.1) is 0 Å². The van der Waals surface area contributed by atoms with Crippen molar-refractivity contribution >= 4 is 34.0 Å². The summed E-state index contributed by atoms with van der Waals surface area (Å²) in [5.74, 6) is -0.900. The summed E-state index contributed by atoms with van der Waals surface area (Å²) in [6.07, 6.45) is -0.917. The number of carbonyl (C=O) groups excluding carboxylic acids is 2. The van der Waals surface area contributed by atoms with Gasteiger partial charge >= 0.3 is 5.97 Å². The number of hydrogen-bond donors (Lipinski definition) is 1. The molecule has 0 saturated carbocycles. The van der Waals surface area contributed by atoms with Gasteiger partial charge in [-0.1, -0.05) is 42.5 Å². The number of rotatable bonds is 5. The molecule has 0 unspecified atom stereocenters. The second-order valence-corrected chi connectivity index (χ2v) is 6.51. The lowest BCUT2D eigenvalue weighted by Crippen LogP contribution is -2.30. The van der Waals surface area contributed by atoms with Crippen LogP contribution in [0.3, 0.4) is 0 Å². The van der Waals surface area contributed by atoms with Gasteiger partial charge in [0.2, 0.25) is 0 Å². The minimum atomic E-state index is -0.917. The minimum absolute atomic E-state index is 0.372. The van der Waals surface area contributed by atoms with Crippen LogP contribution in [0.15, 0.2) is 66.7 Å². The third-order valence-corrected chi connectivity index (χ3v) is 4.30. The molecule has 5 heteroatoms. The molecule has 27 heavy (non-hydrogen) atoms. The number of anilines is 2. The van der Waals surface area contributed by atoms with E-state index < -0.39 is 12.1 Å². The van der Waals surface area contributed by atoms with Crippen molar-refractivity contribution in [3.63, 3.8) is 0 Å². The summed E-state index contributed by atoms with van der Waals surface area (Å²) in [5.41, 5.74) is 1.99. The fourth-order valence-electron chi connectivity index (χ4n) is 2.76. The average molecular weight is 362 g/mol. The van der Waals surface area contributed by atoms with Gasteiger partial charge < -0.3 is 15.0 Å². The Labute approximate surface area is 158 Å². The lowest BCUT2D eigenvalue weighted by Gasteiger charge is -2.16. The van der Waals surface area contributed by atoms with Gasteiger partial charge in [-0.2, -0.15) is 0 Å². The molecule has 0 radical (unpaired) electrons. The molecule has 0 fully saturated rings. The van der Waals surface area contributed by atoms with E-state index in [-0.39, 0.29) is 5.91 Å². The molecule has 0 saturated heterocycles. The first-order valence-corrected chi connectivity index (χ1v) is 8.72. The normalized spacial score (nSPS) is 11.7. The molecule has 0 aliphatic rings. The molecule has 0 aromatic heterocycles. The Hall–Kier alpha value is -3.34. The van der Waals surface area contributed by atoms with Crippen LogP contribution >= 0.6 is 0 Å². The minimum Gasteiger partial charge on any atom is -0.449 e. The average Bonchev–Trinajstić information content (AvgIpc) is 2.68. The number of hydrogen-bond acceptors (Lipinski definition) is 4. The summed E-state index contributed by atoms with van der Waals surface area (Å²) in [7, 11) is 3.79. The molecule has 0 aliphatic heterocycles. The Bertz CT molecular complexity index is 977. The maximum Gasteiger partial charge on any atom is 0.338 e. The summed E-state index contributed by atoms with van der Waals surface area (Å²) in [6, 6.07) is 20.5. The molecule has 5 nitrogen and oxygen atoms in total. The van der Waals surface area contributed by atoms with Crippen LogP contribution in [0.4, 0.5) is 11.4 Å². The van der Waals surface area contributed by atoms with Crippen molar-refractivity contribution in [3.05, 3.63) is 72.3 Å². The zero-order chi connectivity index (χ0) is 19.4. The number of fused-ring (bicyclic) bond motifs is 1. The monoisotopic (exact) mass is 362 g/mol. The molecule has 138 valence electrons. The first-order valence-electron chi connectivity index (χ1n) is 8.72.